The zero-order valence-electron chi connectivity index (χ0n) is 30.2. The van der Waals surface area contributed by atoms with E-state index >= 15 is 0 Å². The molecule has 2 rings (SSSR count). The van der Waals surface area contributed by atoms with Crippen LogP contribution in [0.25, 0.3) is 0 Å². The van der Waals surface area contributed by atoms with E-state index in [1.165, 1.54) is 0 Å². The van der Waals surface area contributed by atoms with Gasteiger partial charge in [0.25, 0.3) is 0 Å². The summed E-state index contributed by atoms with van der Waals surface area (Å²) >= 11 is 5.23. The molecule has 244 valence electrons. The lowest BCUT2D eigenvalue weighted by Gasteiger charge is -2.60. The summed E-state index contributed by atoms with van der Waals surface area (Å²) in [6.45, 7) is 47.0. The van der Waals surface area contributed by atoms with Crippen LogP contribution in [0.15, 0.2) is 0 Å². The molecule has 2 fully saturated rings. The highest BCUT2D eigenvalue weighted by molar-refractivity contribution is 14.1. The number of rotatable bonds is 10. The van der Waals surface area contributed by atoms with Gasteiger partial charge >= 0.3 is 0 Å². The molecule has 0 N–H and O–H groups in total. The Morgan fingerprint density at radius 2 is 0.610 bits per heavy atom. The van der Waals surface area contributed by atoms with Crippen LogP contribution < -0.4 is 0 Å². The van der Waals surface area contributed by atoms with Crippen LogP contribution in [-0.2, 0) is 14.2 Å². The van der Waals surface area contributed by atoms with Gasteiger partial charge in [-0.05, 0) is 22.2 Å². The van der Waals surface area contributed by atoms with E-state index in [9.17, 15) is 0 Å². The van der Waals surface area contributed by atoms with Crippen LogP contribution in [0, 0.1) is 0 Å². The van der Waals surface area contributed by atoms with E-state index in [-0.39, 0.29) is 24.8 Å². The molecule has 0 aromatic rings. The second-order valence-corrected chi connectivity index (χ2v) is 54.0. The van der Waals surface area contributed by atoms with Crippen molar-refractivity contribution < 1.29 is 14.2 Å². The van der Waals surface area contributed by atoms with E-state index in [0.29, 0.717) is 22.2 Å². The molecule has 0 saturated carbocycles. The molecule has 0 amide bonds. The van der Waals surface area contributed by atoms with Crippen molar-refractivity contribution in [1.29, 1.82) is 0 Å². The molecule has 0 aromatic carbocycles. The van der Waals surface area contributed by atoms with Crippen molar-refractivity contribution >= 4 is 93.6 Å². The predicted octanol–water partition coefficient (Wildman–Crippen LogP) is 11.6. The molecule has 41 heavy (non-hydrogen) atoms. The number of hydrogen-bond donors (Lipinski definition) is 0. The van der Waals surface area contributed by atoms with Gasteiger partial charge in [0.2, 0.25) is 0 Å². The molecular weight excluding hydrogens is 831 g/mol. The molecule has 10 atom stereocenters. The van der Waals surface area contributed by atoms with Gasteiger partial charge in [-0.25, -0.2) is 0 Å². The van der Waals surface area contributed by atoms with Crippen LogP contribution in [0.3, 0.4) is 0 Å². The van der Waals surface area contributed by atoms with Crippen LogP contribution in [0.2, 0.25) is 151 Å². The van der Waals surface area contributed by atoms with Crippen molar-refractivity contribution in [3.63, 3.8) is 0 Å². The zero-order valence-corrected chi connectivity index (χ0v) is 40.5. The lowest BCUT2D eigenvalue weighted by molar-refractivity contribution is -0.286. The van der Waals surface area contributed by atoms with Crippen LogP contribution in [0.1, 0.15) is 0 Å². The van der Waals surface area contributed by atoms with E-state index in [2.05, 4.69) is 163 Å². The number of hydrogen-bond acceptors (Lipinski definition) is 3. The number of halogens is 2. The van der Waals surface area contributed by atoms with E-state index < -0.39 is 48.4 Å². The van der Waals surface area contributed by atoms with Crippen LogP contribution >= 0.6 is 45.2 Å². The summed E-state index contributed by atoms with van der Waals surface area (Å²) in [4.78, 5) is 0. The molecule has 10 unspecified atom stereocenters. The third-order valence-corrected chi connectivity index (χ3v) is 29.4. The largest absolute Gasteiger partial charge is 0.349 e. The van der Waals surface area contributed by atoms with Crippen LogP contribution in [0.4, 0.5) is 0 Å². The minimum atomic E-state index is -1.66. The Bertz CT molecular complexity index is 796. The molecule has 2 aliphatic rings. The fourth-order valence-corrected chi connectivity index (χ4v) is 38.4. The van der Waals surface area contributed by atoms with Crippen molar-refractivity contribution in [2.24, 2.45) is 0 Å². The van der Waals surface area contributed by atoms with Gasteiger partial charge in [0.15, 0.2) is 12.6 Å². The summed E-state index contributed by atoms with van der Waals surface area (Å²) in [7, 11) is -9.35. The topological polar surface area (TPSA) is 27.7 Å². The van der Waals surface area contributed by atoms with Gasteiger partial charge < -0.3 is 14.2 Å². The van der Waals surface area contributed by atoms with E-state index in [1.54, 1.807) is 0 Å². The highest BCUT2D eigenvalue weighted by Crippen LogP contribution is 2.63. The smallest absolute Gasteiger partial charge is 0.161 e. The molecule has 0 radical (unpaired) electrons. The quantitative estimate of drug-likeness (QED) is 0.124. The average Bonchev–Trinajstić information content (AvgIpc) is 2.72. The SMILES string of the molecule is C[Si](C)(C)C1C(CI)OC(OC2OC(CI)C([Si](C)(C)C)C([Si](C)(C)C)C2[Si](C)(C)C)C([Si](C)(C)C)C1[Si](C)(C)C. The summed E-state index contributed by atoms with van der Waals surface area (Å²) in [5.74, 6) is 0. The fourth-order valence-electron chi connectivity index (χ4n) is 8.80. The lowest BCUT2D eigenvalue weighted by atomic mass is 10.1. The Morgan fingerprint density at radius 3 is 0.780 bits per heavy atom. The second-order valence-electron chi connectivity index (χ2n) is 19.9. The molecule has 0 aliphatic carbocycles. The first-order chi connectivity index (χ1) is 18.1. The standard InChI is InChI=1S/C30H68I2O3Si6/c1-36(2,3)23-21(19-31)33-29(27(40(13,14)15)25(23)38(7,8)9)35-30-28(41(16,17)18)26(39(10,11)12)24(37(4,5)6)22(20-32)34-30/h21-30H,19-20H2,1-18H3. The van der Waals surface area contributed by atoms with Crippen molar-refractivity contribution in [3.05, 3.63) is 0 Å². The minimum Gasteiger partial charge on any atom is -0.349 e. The van der Waals surface area contributed by atoms with Crippen molar-refractivity contribution in [2.45, 2.75) is 176 Å². The highest BCUT2D eigenvalue weighted by Gasteiger charge is 2.61. The second kappa shape index (κ2) is 13.6. The first-order valence-corrected chi connectivity index (χ1v) is 40.7. The van der Waals surface area contributed by atoms with E-state index in [4.69, 9.17) is 14.2 Å². The monoisotopic (exact) mass is 898 g/mol. The summed E-state index contributed by atoms with van der Waals surface area (Å²) in [5.41, 5.74) is 3.86. The fraction of sp³-hybridized carbons (Fsp3) is 1.00. The Labute approximate surface area is 289 Å². The van der Waals surface area contributed by atoms with Crippen molar-refractivity contribution in [3.8, 4) is 0 Å². The highest BCUT2D eigenvalue weighted by atomic mass is 127. The van der Waals surface area contributed by atoms with Gasteiger partial charge in [0, 0.05) is 36.1 Å². The van der Waals surface area contributed by atoms with Crippen molar-refractivity contribution in [2.75, 3.05) is 8.86 Å². The predicted molar refractivity (Wildman–Crippen MR) is 219 cm³/mol. The maximum absolute atomic E-state index is 7.54. The van der Waals surface area contributed by atoms with Gasteiger partial charge in [-0.15, -0.1) is 0 Å². The number of ether oxygens (including phenoxy) is 3. The lowest BCUT2D eigenvalue weighted by Crippen LogP contribution is -2.63. The molecule has 0 bridgehead atoms. The maximum Gasteiger partial charge on any atom is 0.161 e. The zero-order chi connectivity index (χ0) is 32.3. The van der Waals surface area contributed by atoms with Gasteiger partial charge in [0.05, 0.1) is 44.5 Å². The minimum absolute atomic E-state index is 0.143. The molecule has 2 heterocycles. The number of alkyl halides is 2. The molecular formula is C30H68I2O3Si6. The first kappa shape index (κ1) is 39.8. The van der Waals surface area contributed by atoms with E-state index in [0.717, 1.165) is 19.9 Å². The van der Waals surface area contributed by atoms with Crippen LogP contribution in [-0.4, -0.2) is 82.1 Å². The Balaban J connectivity index is 2.76. The molecule has 0 spiro atoms. The summed E-state index contributed by atoms with van der Waals surface area (Å²) < 4.78 is 24.3. The van der Waals surface area contributed by atoms with Gasteiger partial charge in [-0.1, -0.05) is 163 Å². The normalized spacial score (nSPS) is 36.9. The maximum atomic E-state index is 7.54. The van der Waals surface area contributed by atoms with Crippen molar-refractivity contribution in [1.82, 2.24) is 0 Å². The van der Waals surface area contributed by atoms with Gasteiger partial charge in [-0.3, -0.25) is 0 Å². The molecule has 11 heteroatoms. The Hall–Kier alpha value is 2.64. The van der Waals surface area contributed by atoms with Crippen LogP contribution in [0.5, 0.6) is 0 Å². The summed E-state index contributed by atoms with van der Waals surface area (Å²) in [5, 5.41) is 0. The van der Waals surface area contributed by atoms with Gasteiger partial charge in [-0.2, -0.15) is 0 Å². The molecule has 0 aromatic heterocycles. The third-order valence-electron chi connectivity index (χ3n) is 10.1. The summed E-state index contributed by atoms with van der Waals surface area (Å²) in [6.07, 6.45) is 0.284. The first-order valence-electron chi connectivity index (χ1n) is 16.2. The van der Waals surface area contributed by atoms with E-state index in [1.807, 2.05) is 0 Å². The molecule has 2 aliphatic heterocycles. The Morgan fingerprint density at radius 1 is 0.390 bits per heavy atom. The average molecular weight is 899 g/mol. The van der Waals surface area contributed by atoms with Gasteiger partial charge in [0.1, 0.15) is 0 Å². The molecule has 3 nitrogen and oxygen atoms in total. The molecule has 2 saturated heterocycles. The summed E-state index contributed by atoms with van der Waals surface area (Å²) in [6, 6.07) is 0. The third kappa shape index (κ3) is 9.38. The Kier molecular flexibility index (Phi) is 13.2.